The first-order chi connectivity index (χ1) is 14.4. The van der Waals surface area contributed by atoms with Crippen LogP contribution in [0.3, 0.4) is 0 Å². The zero-order chi connectivity index (χ0) is 21.3. The van der Waals surface area contributed by atoms with Crippen LogP contribution in [0.25, 0.3) is 16.7 Å². The molecule has 4 nitrogen and oxygen atoms in total. The summed E-state index contributed by atoms with van der Waals surface area (Å²) in [4.78, 5) is 15.5. The molecule has 0 aliphatic carbocycles. The van der Waals surface area contributed by atoms with Crippen molar-refractivity contribution < 1.29 is 19.0 Å². The van der Waals surface area contributed by atoms with Gasteiger partial charge >= 0.3 is 5.97 Å². The summed E-state index contributed by atoms with van der Waals surface area (Å²) in [6, 6.07) is 18.4. The molecule has 3 aromatic rings. The molecule has 1 heterocycles. The smallest absolute Gasteiger partial charge is 0.339 e. The monoisotopic (exact) mass is 401 g/mol. The van der Waals surface area contributed by atoms with Gasteiger partial charge in [0.05, 0.1) is 6.54 Å². The molecular formula is C25H20FNO3. The van der Waals surface area contributed by atoms with Gasteiger partial charge in [-0.2, -0.15) is 4.39 Å². The van der Waals surface area contributed by atoms with E-state index in [-0.39, 0.29) is 17.9 Å². The molecule has 30 heavy (non-hydrogen) atoms. The second-order valence-electron chi connectivity index (χ2n) is 7.27. The van der Waals surface area contributed by atoms with Gasteiger partial charge in [-0.05, 0) is 54.8 Å². The Balaban J connectivity index is 1.67. The number of aromatic carboxylic acids is 1. The van der Waals surface area contributed by atoms with E-state index in [0.717, 1.165) is 22.3 Å². The SMILES string of the molecule is Cc1cc(C)cc(-c2cccc(Oc3ccc(C4=CCN=C4F)cc3C(=O)O)c2)c1. The van der Waals surface area contributed by atoms with Gasteiger partial charge in [-0.25, -0.2) is 4.79 Å². The van der Waals surface area contributed by atoms with Gasteiger partial charge in [-0.15, -0.1) is 0 Å². The second kappa shape index (κ2) is 7.95. The Labute approximate surface area is 174 Å². The molecule has 0 atom stereocenters. The number of hydrogen-bond donors (Lipinski definition) is 1. The largest absolute Gasteiger partial charge is 0.478 e. The molecule has 0 unspecified atom stereocenters. The Bertz CT molecular complexity index is 1190. The van der Waals surface area contributed by atoms with Crippen molar-refractivity contribution in [3.63, 3.8) is 0 Å². The molecule has 3 aromatic carbocycles. The lowest BCUT2D eigenvalue weighted by molar-refractivity contribution is 0.0694. The first-order valence-corrected chi connectivity index (χ1v) is 9.55. The van der Waals surface area contributed by atoms with Gasteiger partial charge in [0.2, 0.25) is 5.97 Å². The first kappa shape index (κ1) is 19.6. The first-order valence-electron chi connectivity index (χ1n) is 9.55. The molecule has 0 aromatic heterocycles. The summed E-state index contributed by atoms with van der Waals surface area (Å²) in [6.45, 7) is 4.35. The lowest BCUT2D eigenvalue weighted by Gasteiger charge is -2.12. The number of aryl methyl sites for hydroxylation is 2. The summed E-state index contributed by atoms with van der Waals surface area (Å²) in [6.07, 6.45) is 1.63. The lowest BCUT2D eigenvalue weighted by atomic mass is 10.0. The van der Waals surface area contributed by atoms with Crippen molar-refractivity contribution in [3.05, 3.63) is 89.0 Å². The van der Waals surface area contributed by atoms with Crippen LogP contribution in [0.4, 0.5) is 4.39 Å². The highest BCUT2D eigenvalue weighted by molar-refractivity contribution is 6.20. The predicted octanol–water partition coefficient (Wildman–Crippen LogP) is 6.23. The van der Waals surface area contributed by atoms with E-state index in [1.165, 1.54) is 6.07 Å². The number of aliphatic imine (C=N–C) groups is 1. The van der Waals surface area contributed by atoms with Gasteiger partial charge in [-0.3, -0.25) is 4.99 Å². The van der Waals surface area contributed by atoms with Crippen molar-refractivity contribution in [1.29, 1.82) is 0 Å². The third kappa shape index (κ3) is 4.01. The summed E-state index contributed by atoms with van der Waals surface area (Å²) >= 11 is 0. The predicted molar refractivity (Wildman–Crippen MR) is 116 cm³/mol. The molecule has 0 saturated heterocycles. The fourth-order valence-electron chi connectivity index (χ4n) is 3.58. The van der Waals surface area contributed by atoms with Crippen LogP contribution in [0.2, 0.25) is 0 Å². The maximum atomic E-state index is 13.8. The fourth-order valence-corrected chi connectivity index (χ4v) is 3.58. The van der Waals surface area contributed by atoms with E-state index < -0.39 is 11.9 Å². The minimum absolute atomic E-state index is 0.0371. The lowest BCUT2D eigenvalue weighted by Crippen LogP contribution is -2.02. The van der Waals surface area contributed by atoms with Crippen LogP contribution >= 0.6 is 0 Å². The number of halogens is 1. The van der Waals surface area contributed by atoms with Gasteiger partial charge < -0.3 is 9.84 Å². The highest BCUT2D eigenvalue weighted by atomic mass is 19.1. The Kier molecular flexibility index (Phi) is 5.19. The maximum absolute atomic E-state index is 13.8. The van der Waals surface area contributed by atoms with Crippen LogP contribution in [-0.2, 0) is 0 Å². The van der Waals surface area contributed by atoms with E-state index in [1.54, 1.807) is 24.3 Å². The van der Waals surface area contributed by atoms with E-state index in [0.29, 0.717) is 16.9 Å². The molecule has 0 saturated carbocycles. The third-order valence-electron chi connectivity index (χ3n) is 4.89. The fraction of sp³-hybridized carbons (Fsp3) is 0.120. The zero-order valence-corrected chi connectivity index (χ0v) is 16.6. The average molecular weight is 401 g/mol. The summed E-state index contributed by atoms with van der Waals surface area (Å²) < 4.78 is 19.7. The molecule has 5 heteroatoms. The number of hydrogen-bond acceptors (Lipinski definition) is 3. The summed E-state index contributed by atoms with van der Waals surface area (Å²) in [7, 11) is 0. The number of benzene rings is 3. The minimum Gasteiger partial charge on any atom is -0.478 e. The summed E-state index contributed by atoms with van der Waals surface area (Å²) in [5.41, 5.74) is 5.10. The third-order valence-corrected chi connectivity index (χ3v) is 4.89. The molecule has 0 amide bonds. The Morgan fingerprint density at radius 2 is 1.73 bits per heavy atom. The van der Waals surface area contributed by atoms with E-state index >= 15 is 0 Å². The number of rotatable bonds is 5. The van der Waals surface area contributed by atoms with Gasteiger partial charge in [-0.1, -0.05) is 53.6 Å². The van der Waals surface area contributed by atoms with Gasteiger partial charge in [0, 0.05) is 5.57 Å². The van der Waals surface area contributed by atoms with Crippen LogP contribution in [0, 0.1) is 13.8 Å². The number of nitrogens with zero attached hydrogens (tertiary/aromatic N) is 1. The molecule has 1 aliphatic rings. The average Bonchev–Trinajstić information content (AvgIpc) is 3.13. The van der Waals surface area contributed by atoms with E-state index in [1.807, 2.05) is 32.0 Å². The standard InChI is InChI=1S/C25H20FNO3/c1-15-10-16(2)12-19(11-15)17-4-3-5-20(13-17)30-23-7-6-18(14-22(23)25(28)29)21-8-9-27-24(21)26/h3-8,10-14H,9H2,1-2H3,(H,28,29). The van der Waals surface area contributed by atoms with Crippen molar-refractivity contribution in [1.82, 2.24) is 0 Å². The quantitative estimate of drug-likeness (QED) is 0.552. The molecule has 0 bridgehead atoms. The molecular weight excluding hydrogens is 381 g/mol. The van der Waals surface area contributed by atoms with Crippen LogP contribution in [0.5, 0.6) is 11.5 Å². The van der Waals surface area contributed by atoms with Crippen molar-refractivity contribution in [3.8, 4) is 22.6 Å². The summed E-state index contributed by atoms with van der Waals surface area (Å²) in [5.74, 6) is -1.01. The number of ether oxygens (including phenoxy) is 1. The zero-order valence-electron chi connectivity index (χ0n) is 16.6. The van der Waals surface area contributed by atoms with Gasteiger partial charge in [0.25, 0.3) is 0 Å². The van der Waals surface area contributed by atoms with Gasteiger partial charge in [0.1, 0.15) is 17.1 Å². The number of carboxylic acids is 1. The molecule has 4 rings (SSSR count). The Morgan fingerprint density at radius 3 is 2.40 bits per heavy atom. The summed E-state index contributed by atoms with van der Waals surface area (Å²) in [5, 5.41) is 9.65. The molecule has 1 N–H and O–H groups in total. The molecule has 1 aliphatic heterocycles. The van der Waals surface area contributed by atoms with Crippen molar-refractivity contribution in [2.75, 3.05) is 6.54 Å². The molecule has 0 radical (unpaired) electrons. The van der Waals surface area contributed by atoms with Crippen LogP contribution in [0.15, 0.2) is 71.7 Å². The van der Waals surface area contributed by atoms with Crippen LogP contribution < -0.4 is 4.74 Å². The molecule has 0 spiro atoms. The normalized spacial score (nSPS) is 13.0. The number of carboxylic acid groups (broad SMARTS) is 1. The minimum atomic E-state index is -1.15. The number of carbonyl (C=O) groups is 1. The highest BCUT2D eigenvalue weighted by Crippen LogP contribution is 2.32. The molecule has 150 valence electrons. The Morgan fingerprint density at radius 1 is 0.967 bits per heavy atom. The van der Waals surface area contributed by atoms with Crippen molar-refractivity contribution >= 4 is 17.5 Å². The van der Waals surface area contributed by atoms with Gasteiger partial charge in [0.15, 0.2) is 0 Å². The van der Waals surface area contributed by atoms with E-state index in [9.17, 15) is 14.3 Å². The van der Waals surface area contributed by atoms with Crippen LogP contribution in [-0.4, -0.2) is 23.6 Å². The Hall–Kier alpha value is -3.73. The van der Waals surface area contributed by atoms with Crippen molar-refractivity contribution in [2.45, 2.75) is 13.8 Å². The maximum Gasteiger partial charge on any atom is 0.339 e. The highest BCUT2D eigenvalue weighted by Gasteiger charge is 2.19. The topological polar surface area (TPSA) is 58.9 Å². The number of allylic oxidation sites excluding steroid dienone is 1. The second-order valence-corrected chi connectivity index (χ2v) is 7.27. The van der Waals surface area contributed by atoms with Crippen molar-refractivity contribution in [2.24, 2.45) is 4.99 Å². The van der Waals surface area contributed by atoms with E-state index in [4.69, 9.17) is 4.74 Å². The van der Waals surface area contributed by atoms with E-state index in [2.05, 4.69) is 23.2 Å². The molecule has 0 fully saturated rings. The van der Waals surface area contributed by atoms with Crippen LogP contribution in [0.1, 0.15) is 27.0 Å².